The van der Waals surface area contributed by atoms with Crippen molar-refractivity contribution in [1.82, 2.24) is 10.4 Å². The van der Waals surface area contributed by atoms with Gasteiger partial charge in [0.25, 0.3) is 0 Å². The summed E-state index contributed by atoms with van der Waals surface area (Å²) in [5.41, 5.74) is 2.31. The van der Waals surface area contributed by atoms with Gasteiger partial charge in [-0.05, 0) is 48.6 Å². The third kappa shape index (κ3) is 5.94. The van der Waals surface area contributed by atoms with E-state index in [4.69, 9.17) is 0 Å². The van der Waals surface area contributed by atoms with Gasteiger partial charge in [0.2, 0.25) is 11.8 Å². The molecule has 1 aromatic heterocycles. The van der Waals surface area contributed by atoms with Crippen LogP contribution in [0.2, 0.25) is 0 Å². The molecule has 0 radical (unpaired) electrons. The van der Waals surface area contributed by atoms with E-state index in [0.29, 0.717) is 32.4 Å². The summed E-state index contributed by atoms with van der Waals surface area (Å²) in [6, 6.07) is 14.3. The van der Waals surface area contributed by atoms with Gasteiger partial charge in [0.05, 0.1) is 15.5 Å². The maximum atomic E-state index is 13.8. The molecule has 7 heteroatoms. The minimum Gasteiger partial charge on any atom is -0.342 e. The number of hydrogen-bond donors (Lipinski definition) is 2. The van der Waals surface area contributed by atoms with Gasteiger partial charge in [0.1, 0.15) is 0 Å². The Labute approximate surface area is 199 Å². The number of nitrogens with zero attached hydrogens (tertiary/aromatic N) is 1. The van der Waals surface area contributed by atoms with Gasteiger partial charge in [-0.15, -0.1) is 23.1 Å². The molecule has 0 bridgehead atoms. The molecule has 3 rings (SSSR count). The van der Waals surface area contributed by atoms with Gasteiger partial charge >= 0.3 is 0 Å². The van der Waals surface area contributed by atoms with Gasteiger partial charge in [-0.3, -0.25) is 14.8 Å². The number of carbonyl (C=O) groups excluding carboxylic acids is 2. The summed E-state index contributed by atoms with van der Waals surface area (Å²) in [6.07, 6.45) is 2.63. The SMILES string of the molecule is CC(C)CC1(C(CC(C)Sc2cccs2)C(=O)NO)CCN(CCc2ccccc2)C1=O. The molecule has 0 saturated carbocycles. The molecular weight excluding hydrogens is 440 g/mol. The maximum absolute atomic E-state index is 13.8. The molecule has 2 aromatic rings. The number of thiophene rings is 1. The molecule has 2 heterocycles. The van der Waals surface area contributed by atoms with E-state index in [1.807, 2.05) is 40.0 Å². The minimum absolute atomic E-state index is 0.0593. The summed E-state index contributed by atoms with van der Waals surface area (Å²) in [7, 11) is 0. The highest BCUT2D eigenvalue weighted by Crippen LogP contribution is 2.48. The van der Waals surface area contributed by atoms with Crippen LogP contribution in [-0.2, 0) is 16.0 Å². The molecule has 1 aliphatic heterocycles. The second-order valence-corrected chi connectivity index (χ2v) is 11.8. The summed E-state index contributed by atoms with van der Waals surface area (Å²) in [6.45, 7) is 7.59. The van der Waals surface area contributed by atoms with Crippen LogP contribution in [0.4, 0.5) is 0 Å². The zero-order valence-corrected chi connectivity index (χ0v) is 20.8. The number of carbonyl (C=O) groups is 2. The highest BCUT2D eigenvalue weighted by molar-refractivity contribution is 8.01. The lowest BCUT2D eigenvalue weighted by atomic mass is 9.67. The van der Waals surface area contributed by atoms with Crippen LogP contribution in [0.5, 0.6) is 0 Å². The van der Waals surface area contributed by atoms with Gasteiger partial charge < -0.3 is 4.90 Å². The molecule has 5 nitrogen and oxygen atoms in total. The normalized spacial score (nSPS) is 20.5. The van der Waals surface area contributed by atoms with Crippen LogP contribution in [0.3, 0.4) is 0 Å². The molecule has 3 unspecified atom stereocenters. The van der Waals surface area contributed by atoms with Gasteiger partial charge in [0.15, 0.2) is 0 Å². The van der Waals surface area contributed by atoms with Crippen molar-refractivity contribution in [3.63, 3.8) is 0 Å². The zero-order chi connectivity index (χ0) is 23.1. The molecule has 1 saturated heterocycles. The monoisotopic (exact) mass is 474 g/mol. The van der Waals surface area contributed by atoms with E-state index in [0.717, 1.165) is 6.42 Å². The predicted molar refractivity (Wildman–Crippen MR) is 131 cm³/mol. The molecule has 3 atom stereocenters. The molecule has 2 N–H and O–H groups in total. The lowest BCUT2D eigenvalue weighted by molar-refractivity contribution is -0.149. The van der Waals surface area contributed by atoms with Crippen LogP contribution in [-0.4, -0.2) is 40.3 Å². The number of benzene rings is 1. The number of hydrogen-bond acceptors (Lipinski definition) is 5. The first-order chi connectivity index (χ1) is 15.4. The van der Waals surface area contributed by atoms with E-state index in [1.165, 1.54) is 9.77 Å². The zero-order valence-electron chi connectivity index (χ0n) is 19.1. The minimum atomic E-state index is -0.776. The second-order valence-electron chi connectivity index (χ2n) is 9.16. The number of nitrogens with one attached hydrogen (secondary N) is 1. The fourth-order valence-electron chi connectivity index (χ4n) is 4.93. The average Bonchev–Trinajstić information content (AvgIpc) is 3.39. The topological polar surface area (TPSA) is 69.6 Å². The molecule has 174 valence electrons. The fraction of sp³-hybridized carbons (Fsp3) is 0.520. The van der Waals surface area contributed by atoms with E-state index in [9.17, 15) is 14.8 Å². The predicted octanol–water partition coefficient (Wildman–Crippen LogP) is 5.25. The lowest BCUT2D eigenvalue weighted by Gasteiger charge is -2.37. The molecule has 0 aliphatic carbocycles. The van der Waals surface area contributed by atoms with Crippen LogP contribution < -0.4 is 5.48 Å². The fourth-order valence-corrected chi connectivity index (χ4v) is 7.11. The quantitative estimate of drug-likeness (QED) is 0.265. The van der Waals surface area contributed by atoms with Gasteiger partial charge in [-0.2, -0.15) is 0 Å². The molecule has 0 spiro atoms. The third-order valence-electron chi connectivity index (χ3n) is 6.30. The standard InChI is InChI=1S/C25H34N2O3S2/c1-18(2)17-25(12-14-27(24(25)29)13-11-20-8-5-4-6-9-20)21(23(28)26-30)16-19(3)32-22-10-7-15-31-22/h4-10,15,18-19,21,30H,11-14,16-17H2,1-3H3,(H,26,28). The number of hydroxylamine groups is 1. The summed E-state index contributed by atoms with van der Waals surface area (Å²) >= 11 is 3.40. The summed E-state index contributed by atoms with van der Waals surface area (Å²) in [5.74, 6) is -0.680. The van der Waals surface area contributed by atoms with E-state index >= 15 is 0 Å². The molecule has 1 aromatic carbocycles. The largest absolute Gasteiger partial charge is 0.342 e. The van der Waals surface area contributed by atoms with E-state index in [1.54, 1.807) is 23.1 Å². The first kappa shape index (κ1) is 24.8. The van der Waals surface area contributed by atoms with Crippen LogP contribution in [0.1, 0.15) is 45.6 Å². The van der Waals surface area contributed by atoms with Gasteiger partial charge in [-0.1, -0.05) is 57.2 Å². The van der Waals surface area contributed by atoms with Crippen molar-refractivity contribution < 1.29 is 14.8 Å². The summed E-state index contributed by atoms with van der Waals surface area (Å²) in [4.78, 5) is 28.6. The molecule has 2 amide bonds. The highest BCUT2D eigenvalue weighted by Gasteiger charge is 2.54. The summed E-state index contributed by atoms with van der Waals surface area (Å²) in [5, 5.41) is 11.7. The van der Waals surface area contributed by atoms with Crippen molar-refractivity contribution in [2.45, 2.75) is 55.9 Å². The van der Waals surface area contributed by atoms with Gasteiger partial charge in [-0.25, -0.2) is 5.48 Å². The Bertz CT molecular complexity index is 873. The number of thioether (sulfide) groups is 1. The van der Waals surface area contributed by atoms with Crippen molar-refractivity contribution >= 4 is 34.9 Å². The van der Waals surface area contributed by atoms with E-state index < -0.39 is 17.2 Å². The number of amides is 2. The Hall–Kier alpha value is -1.83. The second kappa shape index (κ2) is 11.3. The average molecular weight is 475 g/mol. The van der Waals surface area contributed by atoms with Crippen molar-refractivity contribution in [2.75, 3.05) is 13.1 Å². The molecule has 1 aliphatic rings. The number of rotatable bonds is 11. The molecular formula is C25H34N2O3S2. The van der Waals surface area contributed by atoms with Crippen molar-refractivity contribution in [1.29, 1.82) is 0 Å². The molecule has 32 heavy (non-hydrogen) atoms. The van der Waals surface area contributed by atoms with Crippen LogP contribution >= 0.6 is 23.1 Å². The van der Waals surface area contributed by atoms with Gasteiger partial charge in [0, 0.05) is 18.3 Å². The Morgan fingerprint density at radius 2 is 1.97 bits per heavy atom. The van der Waals surface area contributed by atoms with Crippen LogP contribution in [0.15, 0.2) is 52.1 Å². The molecule has 1 fully saturated rings. The van der Waals surface area contributed by atoms with Crippen molar-refractivity contribution in [3.05, 3.63) is 53.4 Å². The van der Waals surface area contributed by atoms with Crippen LogP contribution in [0.25, 0.3) is 0 Å². The first-order valence-electron chi connectivity index (χ1n) is 11.3. The Kier molecular flexibility index (Phi) is 8.79. The van der Waals surface area contributed by atoms with Crippen molar-refractivity contribution in [3.8, 4) is 0 Å². The Morgan fingerprint density at radius 3 is 2.59 bits per heavy atom. The Morgan fingerprint density at radius 1 is 1.22 bits per heavy atom. The van der Waals surface area contributed by atoms with E-state index in [-0.39, 0.29) is 17.1 Å². The third-order valence-corrected chi connectivity index (χ3v) is 8.50. The maximum Gasteiger partial charge on any atom is 0.247 e. The lowest BCUT2D eigenvalue weighted by Crippen LogP contribution is -2.48. The smallest absolute Gasteiger partial charge is 0.247 e. The van der Waals surface area contributed by atoms with Crippen LogP contribution in [0, 0.1) is 17.3 Å². The first-order valence-corrected chi connectivity index (χ1v) is 13.1. The summed E-state index contributed by atoms with van der Waals surface area (Å²) < 4.78 is 1.20. The Balaban J connectivity index is 1.80. The van der Waals surface area contributed by atoms with E-state index in [2.05, 4.69) is 39.0 Å². The highest BCUT2D eigenvalue weighted by atomic mass is 32.2. The van der Waals surface area contributed by atoms with Crippen molar-refractivity contribution in [2.24, 2.45) is 17.3 Å². The number of likely N-dealkylation sites (tertiary alicyclic amines) is 1.